The molecule has 0 aromatic heterocycles. The van der Waals surface area contributed by atoms with Crippen molar-refractivity contribution in [3.63, 3.8) is 0 Å². The number of nitrogens with zero attached hydrogens (tertiary/aromatic N) is 1. The number of aliphatic hydroxyl groups is 1. The first kappa shape index (κ1) is 12.1. The highest BCUT2D eigenvalue weighted by Gasteiger charge is 2.41. The lowest BCUT2D eigenvalue weighted by Gasteiger charge is -2.22. The van der Waals surface area contributed by atoms with Gasteiger partial charge < -0.3 is 10.0 Å². The Kier molecular flexibility index (Phi) is 3.79. The van der Waals surface area contributed by atoms with E-state index in [9.17, 15) is 4.79 Å². The van der Waals surface area contributed by atoms with Crippen molar-refractivity contribution >= 4 is 5.91 Å². The van der Waals surface area contributed by atoms with E-state index >= 15 is 0 Å². The molecule has 1 aromatic carbocycles. The van der Waals surface area contributed by atoms with Crippen LogP contribution >= 0.6 is 0 Å². The molecule has 2 rings (SSSR count). The summed E-state index contributed by atoms with van der Waals surface area (Å²) in [4.78, 5) is 13.9. The maximum atomic E-state index is 12.1. The molecule has 2 atom stereocenters. The summed E-state index contributed by atoms with van der Waals surface area (Å²) in [5.41, 5.74) is 1.11. The van der Waals surface area contributed by atoms with Crippen LogP contribution in [0.4, 0.5) is 0 Å². The van der Waals surface area contributed by atoms with Gasteiger partial charge >= 0.3 is 0 Å². The lowest BCUT2D eigenvalue weighted by atomic mass is 10.2. The second-order valence-electron chi connectivity index (χ2n) is 4.79. The summed E-state index contributed by atoms with van der Waals surface area (Å²) in [5, 5.41) is 9.04. The van der Waals surface area contributed by atoms with Crippen LogP contribution in [-0.2, 0) is 11.3 Å². The molecular weight excluding hydrogens is 214 g/mol. The third-order valence-corrected chi connectivity index (χ3v) is 3.32. The van der Waals surface area contributed by atoms with Crippen LogP contribution in [0.3, 0.4) is 0 Å². The van der Waals surface area contributed by atoms with Crippen LogP contribution in [0, 0.1) is 11.8 Å². The fraction of sp³-hybridized carbons (Fsp3) is 0.500. The number of hydrogen-bond acceptors (Lipinski definition) is 2. The van der Waals surface area contributed by atoms with Gasteiger partial charge in [-0.15, -0.1) is 0 Å². The molecular formula is C14H19NO2. The molecule has 0 aliphatic heterocycles. The van der Waals surface area contributed by atoms with E-state index in [1.165, 1.54) is 0 Å². The van der Waals surface area contributed by atoms with E-state index in [0.29, 0.717) is 19.0 Å². The Hall–Kier alpha value is -1.35. The van der Waals surface area contributed by atoms with Gasteiger partial charge in [0.2, 0.25) is 5.91 Å². The van der Waals surface area contributed by atoms with E-state index in [4.69, 9.17) is 5.11 Å². The highest BCUT2D eigenvalue weighted by Crippen LogP contribution is 2.39. The van der Waals surface area contributed by atoms with Crippen LogP contribution in [0.25, 0.3) is 0 Å². The third kappa shape index (κ3) is 3.07. The van der Waals surface area contributed by atoms with Gasteiger partial charge in [-0.05, 0) is 17.9 Å². The number of carbonyl (C=O) groups is 1. The van der Waals surface area contributed by atoms with E-state index in [0.717, 1.165) is 12.0 Å². The van der Waals surface area contributed by atoms with E-state index in [1.54, 1.807) is 4.90 Å². The Morgan fingerprint density at radius 3 is 2.59 bits per heavy atom. The summed E-state index contributed by atoms with van der Waals surface area (Å²) >= 11 is 0. The zero-order chi connectivity index (χ0) is 12.3. The Balaban J connectivity index is 1.99. The van der Waals surface area contributed by atoms with Gasteiger partial charge in [-0.2, -0.15) is 0 Å². The number of aliphatic hydroxyl groups excluding tert-OH is 1. The summed E-state index contributed by atoms with van der Waals surface area (Å²) in [6, 6.07) is 9.92. The van der Waals surface area contributed by atoms with Crippen molar-refractivity contribution in [1.29, 1.82) is 0 Å². The molecule has 1 amide bonds. The van der Waals surface area contributed by atoms with E-state index in [-0.39, 0.29) is 18.4 Å². The normalized spacial score (nSPS) is 22.2. The molecule has 1 saturated carbocycles. The van der Waals surface area contributed by atoms with Gasteiger partial charge in [-0.1, -0.05) is 37.3 Å². The summed E-state index contributed by atoms with van der Waals surface area (Å²) in [6.45, 7) is 3.16. The van der Waals surface area contributed by atoms with Crippen molar-refractivity contribution in [2.75, 3.05) is 13.2 Å². The molecule has 17 heavy (non-hydrogen) atoms. The fourth-order valence-corrected chi connectivity index (χ4v) is 2.09. The minimum Gasteiger partial charge on any atom is -0.395 e. The maximum Gasteiger partial charge on any atom is 0.226 e. The van der Waals surface area contributed by atoms with Crippen LogP contribution in [0.15, 0.2) is 30.3 Å². The Bertz CT molecular complexity index is 377. The lowest BCUT2D eigenvalue weighted by Crippen LogP contribution is -2.34. The fourth-order valence-electron chi connectivity index (χ4n) is 2.09. The second-order valence-corrected chi connectivity index (χ2v) is 4.79. The zero-order valence-corrected chi connectivity index (χ0v) is 10.2. The van der Waals surface area contributed by atoms with Crippen molar-refractivity contribution in [2.24, 2.45) is 11.8 Å². The van der Waals surface area contributed by atoms with E-state index < -0.39 is 0 Å². The molecule has 1 N–H and O–H groups in total. The average molecular weight is 233 g/mol. The van der Waals surface area contributed by atoms with Gasteiger partial charge in [0.15, 0.2) is 0 Å². The summed E-state index contributed by atoms with van der Waals surface area (Å²) in [7, 11) is 0. The number of benzene rings is 1. The van der Waals surface area contributed by atoms with Gasteiger partial charge in [0, 0.05) is 19.0 Å². The molecule has 0 spiro atoms. The van der Waals surface area contributed by atoms with Gasteiger partial charge in [0.1, 0.15) is 0 Å². The largest absolute Gasteiger partial charge is 0.395 e. The molecule has 0 heterocycles. The molecule has 3 heteroatoms. The molecule has 0 bridgehead atoms. The Morgan fingerprint density at radius 2 is 2.06 bits per heavy atom. The highest BCUT2D eigenvalue weighted by atomic mass is 16.3. The molecule has 92 valence electrons. The number of amides is 1. The Morgan fingerprint density at radius 1 is 1.41 bits per heavy atom. The number of carbonyl (C=O) groups excluding carboxylic acids is 1. The summed E-state index contributed by atoms with van der Waals surface area (Å²) < 4.78 is 0. The van der Waals surface area contributed by atoms with Crippen molar-refractivity contribution in [3.8, 4) is 0 Å². The predicted octanol–water partition coefficient (Wildman–Crippen LogP) is 1.66. The molecule has 1 aliphatic rings. The summed E-state index contributed by atoms with van der Waals surface area (Å²) in [5.74, 6) is 0.889. The molecule has 1 aliphatic carbocycles. The first-order chi connectivity index (χ1) is 8.22. The van der Waals surface area contributed by atoms with Gasteiger partial charge in [-0.25, -0.2) is 0 Å². The first-order valence-corrected chi connectivity index (χ1v) is 6.16. The van der Waals surface area contributed by atoms with E-state index in [1.807, 2.05) is 30.3 Å². The smallest absolute Gasteiger partial charge is 0.226 e. The van der Waals surface area contributed by atoms with Gasteiger partial charge in [0.05, 0.1) is 6.61 Å². The minimum atomic E-state index is 0.0275. The minimum absolute atomic E-state index is 0.0275. The van der Waals surface area contributed by atoms with Crippen molar-refractivity contribution in [3.05, 3.63) is 35.9 Å². The second kappa shape index (κ2) is 5.32. The van der Waals surface area contributed by atoms with Crippen molar-refractivity contribution < 1.29 is 9.90 Å². The summed E-state index contributed by atoms with van der Waals surface area (Å²) in [6.07, 6.45) is 0.996. The molecule has 1 fully saturated rings. The van der Waals surface area contributed by atoms with Crippen LogP contribution in [-0.4, -0.2) is 29.1 Å². The Labute approximate surface area is 102 Å². The maximum absolute atomic E-state index is 12.1. The molecule has 1 aromatic rings. The lowest BCUT2D eigenvalue weighted by molar-refractivity contribution is -0.134. The molecule has 3 nitrogen and oxygen atoms in total. The third-order valence-electron chi connectivity index (χ3n) is 3.32. The van der Waals surface area contributed by atoms with E-state index in [2.05, 4.69) is 6.92 Å². The molecule has 0 radical (unpaired) electrons. The van der Waals surface area contributed by atoms with Crippen molar-refractivity contribution in [1.82, 2.24) is 4.90 Å². The molecule has 0 saturated heterocycles. The van der Waals surface area contributed by atoms with Gasteiger partial charge in [0.25, 0.3) is 0 Å². The highest BCUT2D eigenvalue weighted by molar-refractivity contribution is 5.81. The number of rotatable bonds is 5. The topological polar surface area (TPSA) is 40.5 Å². The predicted molar refractivity (Wildman–Crippen MR) is 66.2 cm³/mol. The van der Waals surface area contributed by atoms with Gasteiger partial charge in [-0.3, -0.25) is 4.79 Å². The quantitative estimate of drug-likeness (QED) is 0.840. The van der Waals surface area contributed by atoms with Crippen LogP contribution < -0.4 is 0 Å². The number of hydrogen-bond donors (Lipinski definition) is 1. The zero-order valence-electron chi connectivity index (χ0n) is 10.2. The molecule has 0 unspecified atom stereocenters. The monoisotopic (exact) mass is 233 g/mol. The van der Waals surface area contributed by atoms with Crippen LogP contribution in [0.2, 0.25) is 0 Å². The average Bonchev–Trinajstić information content (AvgIpc) is 3.06. The first-order valence-electron chi connectivity index (χ1n) is 6.16. The SMILES string of the molecule is C[C@@H]1C[C@H]1C(=O)N(CCO)Cc1ccccc1. The van der Waals surface area contributed by atoms with Crippen LogP contribution in [0.5, 0.6) is 0 Å². The standard InChI is InChI=1S/C14H19NO2/c1-11-9-13(11)14(17)15(7-8-16)10-12-5-3-2-4-6-12/h2-6,11,13,16H,7-10H2,1H3/t11-,13-/m1/s1. The van der Waals surface area contributed by atoms with Crippen LogP contribution in [0.1, 0.15) is 18.9 Å². The van der Waals surface area contributed by atoms with Crippen molar-refractivity contribution in [2.45, 2.75) is 19.9 Å².